The van der Waals surface area contributed by atoms with Crippen LogP contribution in [0.3, 0.4) is 0 Å². The molecule has 116 valence electrons. The minimum atomic E-state index is -0.00596. The highest BCUT2D eigenvalue weighted by molar-refractivity contribution is 5.73. The zero-order chi connectivity index (χ0) is 15.9. The zero-order valence-electron chi connectivity index (χ0n) is 13.2. The number of nitrogens with one attached hydrogen (secondary N) is 1. The summed E-state index contributed by atoms with van der Waals surface area (Å²) in [6.45, 7) is 6.03. The van der Waals surface area contributed by atoms with Crippen molar-refractivity contribution < 1.29 is 9.53 Å². The van der Waals surface area contributed by atoms with Crippen molar-refractivity contribution in [2.24, 2.45) is 0 Å². The first-order valence-electron chi connectivity index (χ1n) is 7.39. The minimum Gasteiger partial charge on any atom is -0.478 e. The summed E-state index contributed by atoms with van der Waals surface area (Å²) in [5.74, 6) is 0.574. The van der Waals surface area contributed by atoms with Crippen molar-refractivity contribution in [1.82, 2.24) is 15.3 Å². The highest BCUT2D eigenvalue weighted by atomic mass is 16.5. The zero-order valence-corrected chi connectivity index (χ0v) is 13.2. The van der Waals surface area contributed by atoms with E-state index in [1.54, 1.807) is 0 Å². The maximum atomic E-state index is 11.0. The van der Waals surface area contributed by atoms with Crippen LogP contribution in [0.5, 0.6) is 5.88 Å². The molecule has 1 heterocycles. The first-order chi connectivity index (χ1) is 10.6. The van der Waals surface area contributed by atoms with Gasteiger partial charge in [0.25, 0.3) is 0 Å². The van der Waals surface area contributed by atoms with E-state index in [9.17, 15) is 4.79 Å². The molecule has 1 aromatic carbocycles. The molecular weight excluding hydrogens is 278 g/mol. The number of rotatable bonds is 6. The Morgan fingerprint density at radius 3 is 2.64 bits per heavy atom. The van der Waals surface area contributed by atoms with Crippen molar-refractivity contribution in [1.29, 1.82) is 0 Å². The third kappa shape index (κ3) is 4.55. The van der Waals surface area contributed by atoms with Crippen molar-refractivity contribution in [3.05, 3.63) is 42.2 Å². The van der Waals surface area contributed by atoms with Crippen LogP contribution in [-0.2, 0) is 11.2 Å². The summed E-state index contributed by atoms with van der Waals surface area (Å²) >= 11 is 0. The number of hydrogen-bond acceptors (Lipinski definition) is 4. The molecule has 0 fully saturated rings. The van der Waals surface area contributed by atoms with E-state index in [0.717, 1.165) is 17.7 Å². The Hall–Kier alpha value is -2.43. The van der Waals surface area contributed by atoms with Crippen LogP contribution in [0, 0.1) is 0 Å². The SMILES string of the molecule is CCOc1cc(-c2ccc(CC(C)NC(C)=O)cc2)ncn1. The molecular formula is C17H21N3O2. The molecule has 0 saturated carbocycles. The number of aromatic nitrogens is 2. The Labute approximate surface area is 130 Å². The molecule has 0 aliphatic rings. The first-order valence-corrected chi connectivity index (χ1v) is 7.39. The third-order valence-corrected chi connectivity index (χ3v) is 3.18. The molecule has 5 nitrogen and oxygen atoms in total. The van der Waals surface area contributed by atoms with Crippen LogP contribution in [-0.4, -0.2) is 28.5 Å². The Bertz CT molecular complexity index is 626. The van der Waals surface area contributed by atoms with Crippen LogP contribution >= 0.6 is 0 Å². The predicted molar refractivity (Wildman–Crippen MR) is 85.6 cm³/mol. The standard InChI is InChI=1S/C17H21N3O2/c1-4-22-17-10-16(18-11-19-17)15-7-5-14(6-8-15)9-12(2)20-13(3)21/h5-8,10-12H,4,9H2,1-3H3,(H,20,21). The Balaban J connectivity index is 2.08. The summed E-state index contributed by atoms with van der Waals surface area (Å²) in [5, 5.41) is 2.88. The Morgan fingerprint density at radius 1 is 1.27 bits per heavy atom. The summed E-state index contributed by atoms with van der Waals surface area (Å²) in [4.78, 5) is 19.4. The fourth-order valence-electron chi connectivity index (χ4n) is 2.29. The first kappa shape index (κ1) is 15.9. The van der Waals surface area contributed by atoms with Gasteiger partial charge in [0, 0.05) is 24.6 Å². The molecule has 0 spiro atoms. The number of carbonyl (C=O) groups excluding carboxylic acids is 1. The van der Waals surface area contributed by atoms with Crippen molar-refractivity contribution in [3.8, 4) is 17.1 Å². The summed E-state index contributed by atoms with van der Waals surface area (Å²) in [5.41, 5.74) is 3.02. The molecule has 1 N–H and O–H groups in total. The van der Waals surface area contributed by atoms with E-state index in [2.05, 4.69) is 27.4 Å². The molecule has 0 aliphatic heterocycles. The van der Waals surface area contributed by atoms with Gasteiger partial charge in [-0.05, 0) is 25.8 Å². The van der Waals surface area contributed by atoms with Crippen LogP contribution in [0.15, 0.2) is 36.7 Å². The van der Waals surface area contributed by atoms with Crippen molar-refractivity contribution in [3.63, 3.8) is 0 Å². The maximum absolute atomic E-state index is 11.0. The smallest absolute Gasteiger partial charge is 0.217 e. The summed E-state index contributed by atoms with van der Waals surface area (Å²) in [7, 11) is 0. The molecule has 1 aromatic heterocycles. The molecule has 22 heavy (non-hydrogen) atoms. The van der Waals surface area contributed by atoms with Crippen LogP contribution < -0.4 is 10.1 Å². The lowest BCUT2D eigenvalue weighted by Crippen LogP contribution is -2.31. The molecule has 0 saturated heterocycles. The molecule has 1 unspecified atom stereocenters. The van der Waals surface area contributed by atoms with Crippen molar-refractivity contribution >= 4 is 5.91 Å². The molecule has 5 heteroatoms. The summed E-state index contributed by atoms with van der Waals surface area (Å²) in [6.07, 6.45) is 2.31. The molecule has 0 aliphatic carbocycles. The number of amides is 1. The highest BCUT2D eigenvalue weighted by Gasteiger charge is 2.06. The second kappa shape index (κ2) is 7.54. The van der Waals surface area contributed by atoms with E-state index in [4.69, 9.17) is 4.74 Å². The average Bonchev–Trinajstić information content (AvgIpc) is 2.48. The number of carbonyl (C=O) groups is 1. The number of ether oxygens (including phenoxy) is 1. The van der Waals surface area contributed by atoms with Crippen LogP contribution in [0.2, 0.25) is 0 Å². The molecule has 2 rings (SSSR count). The van der Waals surface area contributed by atoms with E-state index >= 15 is 0 Å². The van der Waals surface area contributed by atoms with E-state index < -0.39 is 0 Å². The van der Waals surface area contributed by atoms with Gasteiger partial charge in [0.2, 0.25) is 11.8 Å². The van der Waals surface area contributed by atoms with E-state index in [-0.39, 0.29) is 11.9 Å². The molecule has 1 amide bonds. The minimum absolute atomic E-state index is 0.00596. The van der Waals surface area contributed by atoms with Gasteiger partial charge >= 0.3 is 0 Å². The quantitative estimate of drug-likeness (QED) is 0.890. The number of nitrogens with zero attached hydrogens (tertiary/aromatic N) is 2. The van der Waals surface area contributed by atoms with Crippen LogP contribution in [0.1, 0.15) is 26.3 Å². The normalized spacial score (nSPS) is 11.8. The molecule has 0 bridgehead atoms. The lowest BCUT2D eigenvalue weighted by atomic mass is 10.0. The molecule has 0 radical (unpaired) electrons. The van der Waals surface area contributed by atoms with Gasteiger partial charge in [-0.25, -0.2) is 9.97 Å². The largest absolute Gasteiger partial charge is 0.478 e. The average molecular weight is 299 g/mol. The summed E-state index contributed by atoms with van der Waals surface area (Å²) < 4.78 is 5.39. The molecule has 2 aromatic rings. The monoisotopic (exact) mass is 299 g/mol. The van der Waals surface area contributed by atoms with Crippen LogP contribution in [0.4, 0.5) is 0 Å². The Morgan fingerprint density at radius 2 is 2.00 bits per heavy atom. The maximum Gasteiger partial charge on any atom is 0.217 e. The third-order valence-electron chi connectivity index (χ3n) is 3.18. The second-order valence-electron chi connectivity index (χ2n) is 5.18. The molecule has 1 atom stereocenters. The topological polar surface area (TPSA) is 64.1 Å². The fraction of sp³-hybridized carbons (Fsp3) is 0.353. The van der Waals surface area contributed by atoms with E-state index in [0.29, 0.717) is 12.5 Å². The lowest BCUT2D eigenvalue weighted by molar-refractivity contribution is -0.119. The van der Waals surface area contributed by atoms with Gasteiger partial charge in [0.1, 0.15) is 6.33 Å². The van der Waals surface area contributed by atoms with Crippen molar-refractivity contribution in [2.45, 2.75) is 33.2 Å². The van der Waals surface area contributed by atoms with Crippen LogP contribution in [0.25, 0.3) is 11.3 Å². The van der Waals surface area contributed by atoms with Gasteiger partial charge < -0.3 is 10.1 Å². The number of hydrogen-bond donors (Lipinski definition) is 1. The van der Waals surface area contributed by atoms with Gasteiger partial charge in [-0.15, -0.1) is 0 Å². The fourth-order valence-corrected chi connectivity index (χ4v) is 2.29. The Kier molecular flexibility index (Phi) is 5.47. The van der Waals surface area contributed by atoms with Crippen molar-refractivity contribution in [2.75, 3.05) is 6.61 Å². The van der Waals surface area contributed by atoms with Gasteiger partial charge in [0.05, 0.1) is 12.3 Å². The van der Waals surface area contributed by atoms with Gasteiger partial charge in [-0.2, -0.15) is 0 Å². The lowest BCUT2D eigenvalue weighted by Gasteiger charge is -2.12. The van der Waals surface area contributed by atoms with Gasteiger partial charge in [0.15, 0.2) is 0 Å². The summed E-state index contributed by atoms with van der Waals surface area (Å²) in [6, 6.07) is 10.1. The number of benzene rings is 1. The van der Waals surface area contributed by atoms with E-state index in [1.807, 2.05) is 32.0 Å². The van der Waals surface area contributed by atoms with Gasteiger partial charge in [-0.1, -0.05) is 24.3 Å². The second-order valence-corrected chi connectivity index (χ2v) is 5.18. The predicted octanol–water partition coefficient (Wildman–Crippen LogP) is 2.61. The highest BCUT2D eigenvalue weighted by Crippen LogP contribution is 2.20. The van der Waals surface area contributed by atoms with E-state index in [1.165, 1.54) is 18.8 Å². The van der Waals surface area contributed by atoms with Gasteiger partial charge in [-0.3, -0.25) is 4.79 Å².